The molecule has 4 aromatic rings. The highest BCUT2D eigenvalue weighted by molar-refractivity contribution is 6.31. The van der Waals surface area contributed by atoms with Gasteiger partial charge in [-0.3, -0.25) is 4.79 Å². The quantitative estimate of drug-likeness (QED) is 0.380. The number of H-pyrrole nitrogens is 1. The molecule has 2 aromatic carbocycles. The Kier molecular flexibility index (Phi) is 5.61. The van der Waals surface area contributed by atoms with E-state index in [-0.39, 0.29) is 29.2 Å². The van der Waals surface area contributed by atoms with Crippen LogP contribution >= 0.6 is 23.2 Å². The van der Waals surface area contributed by atoms with Gasteiger partial charge in [-0.25, -0.2) is 9.37 Å². The minimum absolute atomic E-state index is 0.0123. The van der Waals surface area contributed by atoms with Crippen molar-refractivity contribution < 1.29 is 18.7 Å². The molecule has 152 valence electrons. The number of carbonyl (C=O) groups excluding carboxylic acids is 1. The lowest BCUT2D eigenvalue weighted by Gasteiger charge is -2.15. The fourth-order valence-corrected chi connectivity index (χ4v) is 3.39. The predicted molar refractivity (Wildman–Crippen MR) is 113 cm³/mol. The Hall–Kier alpha value is -3.09. The van der Waals surface area contributed by atoms with Gasteiger partial charge in [-0.2, -0.15) is 0 Å². The number of hydrogen-bond acceptors (Lipinski definition) is 4. The van der Waals surface area contributed by atoms with E-state index in [0.717, 1.165) is 5.56 Å². The van der Waals surface area contributed by atoms with E-state index in [1.165, 1.54) is 31.6 Å². The van der Waals surface area contributed by atoms with Gasteiger partial charge in [-0.15, -0.1) is 0 Å². The van der Waals surface area contributed by atoms with Crippen LogP contribution in [0.5, 0.6) is 11.5 Å². The van der Waals surface area contributed by atoms with E-state index >= 15 is 0 Å². The van der Waals surface area contributed by atoms with Crippen molar-refractivity contribution in [2.45, 2.75) is 6.61 Å². The molecule has 0 aliphatic rings. The van der Waals surface area contributed by atoms with E-state index in [1.807, 2.05) is 12.1 Å². The molecular weight excluding hydrogens is 430 g/mol. The highest BCUT2D eigenvalue weighted by Gasteiger charge is 2.25. The molecule has 0 radical (unpaired) electrons. The average molecular weight is 445 g/mol. The summed E-state index contributed by atoms with van der Waals surface area (Å²) < 4.78 is 25.9. The summed E-state index contributed by atoms with van der Waals surface area (Å²) >= 11 is 11.9. The van der Waals surface area contributed by atoms with E-state index in [0.29, 0.717) is 21.1 Å². The second kappa shape index (κ2) is 8.34. The van der Waals surface area contributed by atoms with Crippen LogP contribution < -0.4 is 9.47 Å². The number of carbonyl (C=O) groups is 1. The molecule has 0 atom stereocenters. The maximum absolute atomic E-state index is 14.7. The number of halogens is 3. The molecule has 0 unspecified atom stereocenters. The van der Waals surface area contributed by atoms with E-state index < -0.39 is 11.6 Å². The molecule has 5 nitrogen and oxygen atoms in total. The molecule has 2 heterocycles. The standard InChI is InChI=1S/C22H15Cl2FN2O3/c1-29-21-18(30-11-12-2-4-13(23)5-3-12)7-6-17(25)19(21)20(28)16-10-27-22-15(16)8-14(24)9-26-22/h2-10H,11H2,1H3,(H,26,27). The summed E-state index contributed by atoms with van der Waals surface area (Å²) in [7, 11) is 1.36. The van der Waals surface area contributed by atoms with Crippen molar-refractivity contribution in [1.29, 1.82) is 0 Å². The highest BCUT2D eigenvalue weighted by Crippen LogP contribution is 2.36. The van der Waals surface area contributed by atoms with Crippen molar-refractivity contribution in [3.8, 4) is 11.5 Å². The zero-order chi connectivity index (χ0) is 21.3. The summed E-state index contributed by atoms with van der Waals surface area (Å²) in [4.78, 5) is 20.2. The summed E-state index contributed by atoms with van der Waals surface area (Å²) in [6.45, 7) is 0.194. The van der Waals surface area contributed by atoms with Crippen molar-refractivity contribution in [2.75, 3.05) is 7.11 Å². The van der Waals surface area contributed by atoms with E-state index in [2.05, 4.69) is 9.97 Å². The number of ketones is 1. The number of pyridine rings is 1. The molecule has 1 N–H and O–H groups in total. The van der Waals surface area contributed by atoms with Crippen LogP contribution in [-0.2, 0) is 6.61 Å². The average Bonchev–Trinajstić information content (AvgIpc) is 3.16. The van der Waals surface area contributed by atoms with Gasteiger partial charge < -0.3 is 14.5 Å². The van der Waals surface area contributed by atoms with Crippen LogP contribution in [0, 0.1) is 5.82 Å². The molecule has 4 rings (SSSR count). The van der Waals surface area contributed by atoms with E-state index in [1.54, 1.807) is 18.2 Å². The Labute approximate surface area is 181 Å². The third kappa shape index (κ3) is 3.84. The Morgan fingerprint density at radius 2 is 1.90 bits per heavy atom. The Bertz CT molecular complexity index is 1240. The number of nitrogens with zero attached hydrogens (tertiary/aromatic N) is 1. The lowest BCUT2D eigenvalue weighted by Crippen LogP contribution is -2.08. The van der Waals surface area contributed by atoms with Gasteiger partial charge in [0.05, 0.1) is 12.1 Å². The summed E-state index contributed by atoms with van der Waals surface area (Å²) in [6.07, 6.45) is 2.93. The molecule has 8 heteroatoms. The third-order valence-corrected chi connectivity index (χ3v) is 5.01. The third-order valence-electron chi connectivity index (χ3n) is 4.55. The molecule has 30 heavy (non-hydrogen) atoms. The monoisotopic (exact) mass is 444 g/mol. The SMILES string of the molecule is COc1c(OCc2ccc(Cl)cc2)ccc(F)c1C(=O)c1c[nH]c2ncc(Cl)cc12. The summed E-state index contributed by atoms with van der Waals surface area (Å²) in [5, 5.41) is 1.46. The van der Waals surface area contributed by atoms with E-state index in [4.69, 9.17) is 32.7 Å². The van der Waals surface area contributed by atoms with Crippen molar-refractivity contribution in [2.24, 2.45) is 0 Å². The first-order valence-electron chi connectivity index (χ1n) is 8.89. The number of hydrogen-bond donors (Lipinski definition) is 1. The van der Waals surface area contributed by atoms with Crippen LogP contribution in [-0.4, -0.2) is 22.9 Å². The van der Waals surface area contributed by atoms with Gasteiger partial charge >= 0.3 is 0 Å². The summed E-state index contributed by atoms with van der Waals surface area (Å²) in [6, 6.07) is 11.3. The zero-order valence-electron chi connectivity index (χ0n) is 15.7. The largest absolute Gasteiger partial charge is 0.492 e. The van der Waals surface area contributed by atoms with Crippen LogP contribution in [0.1, 0.15) is 21.5 Å². The highest BCUT2D eigenvalue weighted by atomic mass is 35.5. The minimum atomic E-state index is -0.722. The second-order valence-electron chi connectivity index (χ2n) is 6.45. The Morgan fingerprint density at radius 3 is 2.63 bits per heavy atom. The molecule has 0 aliphatic heterocycles. The smallest absolute Gasteiger partial charge is 0.202 e. The first-order chi connectivity index (χ1) is 14.5. The molecule has 0 fully saturated rings. The number of ether oxygens (including phenoxy) is 2. The maximum atomic E-state index is 14.7. The number of methoxy groups -OCH3 is 1. The maximum Gasteiger partial charge on any atom is 0.202 e. The van der Waals surface area contributed by atoms with Gasteiger partial charge in [0.25, 0.3) is 0 Å². The van der Waals surface area contributed by atoms with Crippen molar-refractivity contribution >= 4 is 40.0 Å². The fraction of sp³-hybridized carbons (Fsp3) is 0.0909. The Morgan fingerprint density at radius 1 is 1.13 bits per heavy atom. The lowest BCUT2D eigenvalue weighted by atomic mass is 10.0. The molecule has 0 spiro atoms. The zero-order valence-corrected chi connectivity index (χ0v) is 17.2. The van der Waals surface area contributed by atoms with Crippen LogP contribution in [0.15, 0.2) is 54.9 Å². The molecule has 0 saturated carbocycles. The van der Waals surface area contributed by atoms with Crippen molar-refractivity contribution in [3.63, 3.8) is 0 Å². The van der Waals surface area contributed by atoms with Crippen molar-refractivity contribution in [3.05, 3.63) is 87.4 Å². The first-order valence-corrected chi connectivity index (χ1v) is 9.64. The van der Waals surface area contributed by atoms with Gasteiger partial charge in [0.2, 0.25) is 5.78 Å². The van der Waals surface area contributed by atoms with Crippen LogP contribution in [0.25, 0.3) is 11.0 Å². The molecule has 0 saturated heterocycles. The minimum Gasteiger partial charge on any atom is -0.492 e. The van der Waals surface area contributed by atoms with Gasteiger partial charge in [0, 0.05) is 28.4 Å². The number of rotatable bonds is 6. The van der Waals surface area contributed by atoms with Crippen molar-refractivity contribution in [1.82, 2.24) is 9.97 Å². The first kappa shape index (κ1) is 20.2. The van der Waals surface area contributed by atoms with Gasteiger partial charge in [-0.1, -0.05) is 35.3 Å². The van der Waals surface area contributed by atoms with Crippen LogP contribution in [0.2, 0.25) is 10.0 Å². The number of nitrogens with one attached hydrogen (secondary N) is 1. The summed E-state index contributed by atoms with van der Waals surface area (Å²) in [5.41, 5.74) is 1.33. The molecule has 0 aliphatic carbocycles. The predicted octanol–water partition coefficient (Wildman–Crippen LogP) is 5.83. The topological polar surface area (TPSA) is 64.2 Å². The molecule has 0 amide bonds. The number of benzene rings is 2. The van der Waals surface area contributed by atoms with Gasteiger partial charge in [-0.05, 0) is 35.9 Å². The number of aromatic nitrogens is 2. The van der Waals surface area contributed by atoms with Crippen LogP contribution in [0.4, 0.5) is 4.39 Å². The molecular formula is C22H15Cl2FN2O3. The van der Waals surface area contributed by atoms with Gasteiger partial charge in [0.1, 0.15) is 23.6 Å². The molecule has 2 aromatic heterocycles. The second-order valence-corrected chi connectivity index (χ2v) is 7.32. The lowest BCUT2D eigenvalue weighted by molar-refractivity contribution is 0.103. The fourth-order valence-electron chi connectivity index (χ4n) is 3.11. The summed E-state index contributed by atoms with van der Waals surface area (Å²) in [5.74, 6) is -1.04. The number of aromatic amines is 1. The Balaban J connectivity index is 1.71. The normalized spacial score (nSPS) is 10.9. The van der Waals surface area contributed by atoms with E-state index in [9.17, 15) is 9.18 Å². The number of fused-ring (bicyclic) bond motifs is 1. The van der Waals surface area contributed by atoms with Gasteiger partial charge in [0.15, 0.2) is 11.5 Å². The molecule has 0 bridgehead atoms. The van der Waals surface area contributed by atoms with Crippen LogP contribution in [0.3, 0.4) is 0 Å².